The van der Waals surface area contributed by atoms with Gasteiger partial charge in [0.25, 0.3) is 0 Å². The molecule has 112 valence electrons. The van der Waals surface area contributed by atoms with Crippen molar-refractivity contribution in [2.45, 2.75) is 19.9 Å². The van der Waals surface area contributed by atoms with Crippen LogP contribution in [0.3, 0.4) is 0 Å². The molecule has 0 aliphatic carbocycles. The minimum atomic E-state index is -0.640. The van der Waals surface area contributed by atoms with E-state index in [0.29, 0.717) is 11.4 Å². The third-order valence-electron chi connectivity index (χ3n) is 2.84. The third-order valence-corrected chi connectivity index (χ3v) is 3.94. The van der Waals surface area contributed by atoms with Gasteiger partial charge in [-0.15, -0.1) is 0 Å². The van der Waals surface area contributed by atoms with Gasteiger partial charge in [-0.05, 0) is 37.5 Å². The molecule has 0 aliphatic rings. The molecule has 0 N–H and O–H groups in total. The van der Waals surface area contributed by atoms with Gasteiger partial charge in [0, 0.05) is 7.05 Å². The van der Waals surface area contributed by atoms with Gasteiger partial charge in [0.2, 0.25) is 4.80 Å². The van der Waals surface area contributed by atoms with Crippen molar-refractivity contribution in [3.63, 3.8) is 0 Å². The Hall–Kier alpha value is -2.15. The number of nitrogens with zero attached hydrogens (tertiary/aromatic N) is 3. The molecule has 1 atom stereocenters. The van der Waals surface area contributed by atoms with Gasteiger partial charge in [-0.25, -0.2) is 18.5 Å². The van der Waals surface area contributed by atoms with Crippen LogP contribution in [0.1, 0.15) is 13.8 Å². The van der Waals surface area contributed by atoms with Gasteiger partial charge >= 0.3 is 11.7 Å². The molecule has 1 unspecified atom stereocenters. The van der Waals surface area contributed by atoms with Crippen LogP contribution in [-0.2, 0) is 16.6 Å². The topological polar surface area (TPSA) is 65.6 Å². The molecule has 0 saturated carbocycles. The van der Waals surface area contributed by atoms with Crippen LogP contribution in [0.5, 0.6) is 0 Å². The Labute approximate surface area is 126 Å². The Kier molecular flexibility index (Phi) is 4.74. The molecule has 0 radical (unpaired) electrons. The summed E-state index contributed by atoms with van der Waals surface area (Å²) in [7, 11) is 1.63. The Morgan fingerprint density at radius 2 is 2.05 bits per heavy atom. The predicted molar refractivity (Wildman–Crippen MR) is 80.5 cm³/mol. The van der Waals surface area contributed by atoms with Gasteiger partial charge in [-0.2, -0.15) is 0 Å². The number of ether oxygens (including phenoxy) is 1. The molecular weight excluding hydrogens is 290 g/mol. The van der Waals surface area contributed by atoms with Crippen molar-refractivity contribution in [2.75, 3.05) is 6.61 Å². The average molecular weight is 307 g/mol. The largest absolute Gasteiger partial charge is 0.464 e. The number of hydrogen-bond donors (Lipinski definition) is 0. The van der Waals surface area contributed by atoms with E-state index < -0.39 is 12.0 Å². The minimum absolute atomic E-state index is 0.194. The maximum atomic E-state index is 12.2. The Balaban J connectivity index is 2.44. The van der Waals surface area contributed by atoms with E-state index in [1.807, 2.05) is 30.3 Å². The molecule has 1 heterocycles. The van der Waals surface area contributed by atoms with Crippen molar-refractivity contribution in [3.05, 3.63) is 45.6 Å². The zero-order valence-corrected chi connectivity index (χ0v) is 13.0. The zero-order valence-electron chi connectivity index (χ0n) is 12.1. The molecule has 6 nitrogen and oxygen atoms in total. The van der Waals surface area contributed by atoms with Gasteiger partial charge in [0.1, 0.15) is 6.04 Å². The quantitative estimate of drug-likeness (QED) is 0.794. The van der Waals surface area contributed by atoms with Crippen LogP contribution in [0.25, 0.3) is 5.69 Å². The fourth-order valence-corrected chi connectivity index (χ4v) is 2.71. The lowest BCUT2D eigenvalue weighted by Crippen LogP contribution is -2.28. The third kappa shape index (κ3) is 3.30. The van der Waals surface area contributed by atoms with Gasteiger partial charge in [0.05, 0.1) is 12.3 Å². The second kappa shape index (κ2) is 6.53. The lowest BCUT2D eigenvalue weighted by molar-refractivity contribution is -0.144. The molecule has 0 bridgehead atoms. The van der Waals surface area contributed by atoms with Crippen molar-refractivity contribution < 1.29 is 9.53 Å². The summed E-state index contributed by atoms with van der Waals surface area (Å²) >= 11 is 1.20. The first-order valence-corrected chi connectivity index (χ1v) is 7.37. The summed E-state index contributed by atoms with van der Waals surface area (Å²) in [5.74, 6) is -0.399. The summed E-state index contributed by atoms with van der Waals surface area (Å²) in [6.45, 7) is 3.70. The summed E-state index contributed by atoms with van der Waals surface area (Å²) < 4.78 is 7.88. The smallest absolute Gasteiger partial charge is 0.344 e. The minimum Gasteiger partial charge on any atom is -0.464 e. The van der Waals surface area contributed by atoms with Crippen molar-refractivity contribution in [1.82, 2.24) is 8.52 Å². The number of benzene rings is 1. The highest BCUT2D eigenvalue weighted by Gasteiger charge is 2.14. The van der Waals surface area contributed by atoms with E-state index in [4.69, 9.17) is 4.74 Å². The molecule has 2 aromatic rings. The van der Waals surface area contributed by atoms with E-state index in [2.05, 4.69) is 4.99 Å². The number of esters is 1. The van der Waals surface area contributed by atoms with Crippen molar-refractivity contribution in [2.24, 2.45) is 12.0 Å². The number of aromatic nitrogens is 2. The second-order valence-corrected chi connectivity index (χ2v) is 5.32. The van der Waals surface area contributed by atoms with E-state index in [0.717, 1.165) is 5.69 Å². The lowest BCUT2D eigenvalue weighted by Gasteiger charge is -2.04. The molecule has 0 amide bonds. The van der Waals surface area contributed by atoms with E-state index in [1.54, 1.807) is 20.9 Å². The normalized spacial score (nSPS) is 13.2. The van der Waals surface area contributed by atoms with Crippen LogP contribution in [0.4, 0.5) is 0 Å². The first-order valence-electron chi connectivity index (χ1n) is 6.60. The predicted octanol–water partition coefficient (Wildman–Crippen LogP) is 1.09. The standard InChI is InChI=1S/C14H17N3O3S/c1-4-20-12(18)10(2)15-13-16(3)14(19)17(21-13)11-8-6-5-7-9-11/h5-10H,4H2,1-3H3. The highest BCUT2D eigenvalue weighted by atomic mass is 32.1. The number of carbonyl (C=O) groups excluding carboxylic acids is 1. The van der Waals surface area contributed by atoms with Crippen LogP contribution < -0.4 is 10.5 Å². The fraction of sp³-hybridized carbons (Fsp3) is 0.357. The van der Waals surface area contributed by atoms with Crippen LogP contribution in [-0.4, -0.2) is 27.1 Å². The molecule has 0 saturated heterocycles. The van der Waals surface area contributed by atoms with Crippen molar-refractivity contribution in [3.8, 4) is 5.69 Å². The molecule has 1 aromatic heterocycles. The molecule has 1 aromatic carbocycles. The summed E-state index contributed by atoms with van der Waals surface area (Å²) in [5, 5.41) is 0. The lowest BCUT2D eigenvalue weighted by atomic mass is 10.3. The number of rotatable bonds is 4. The monoisotopic (exact) mass is 307 g/mol. The summed E-state index contributed by atoms with van der Waals surface area (Å²) in [5.41, 5.74) is 0.578. The Morgan fingerprint density at radius 3 is 2.67 bits per heavy atom. The van der Waals surface area contributed by atoms with E-state index >= 15 is 0 Å². The number of carbonyl (C=O) groups is 1. The fourth-order valence-electron chi connectivity index (χ4n) is 1.72. The first kappa shape index (κ1) is 15.2. The number of para-hydroxylation sites is 1. The Morgan fingerprint density at radius 1 is 1.38 bits per heavy atom. The maximum absolute atomic E-state index is 12.2. The Bertz CT molecular complexity index is 743. The molecule has 7 heteroatoms. The first-order chi connectivity index (χ1) is 10.0. The van der Waals surface area contributed by atoms with Crippen LogP contribution >= 0.6 is 11.5 Å². The van der Waals surface area contributed by atoms with Gasteiger partial charge < -0.3 is 4.74 Å². The summed E-state index contributed by atoms with van der Waals surface area (Å²) in [6.07, 6.45) is 0. The number of hydrogen-bond acceptors (Lipinski definition) is 5. The molecule has 21 heavy (non-hydrogen) atoms. The van der Waals surface area contributed by atoms with Crippen LogP contribution in [0.15, 0.2) is 40.1 Å². The molecule has 0 fully saturated rings. The average Bonchev–Trinajstić information content (AvgIpc) is 2.77. The van der Waals surface area contributed by atoms with E-state index in [1.165, 1.54) is 20.1 Å². The highest BCUT2D eigenvalue weighted by molar-refractivity contribution is 7.03. The van der Waals surface area contributed by atoms with Gasteiger partial charge in [-0.1, -0.05) is 18.2 Å². The molecule has 0 aliphatic heterocycles. The maximum Gasteiger partial charge on any atom is 0.344 e. The van der Waals surface area contributed by atoms with Gasteiger partial charge in [0.15, 0.2) is 0 Å². The van der Waals surface area contributed by atoms with Crippen LogP contribution in [0.2, 0.25) is 0 Å². The zero-order chi connectivity index (χ0) is 15.4. The van der Waals surface area contributed by atoms with E-state index in [9.17, 15) is 9.59 Å². The van der Waals surface area contributed by atoms with Gasteiger partial charge in [-0.3, -0.25) is 4.57 Å². The molecule has 2 rings (SSSR count). The second-order valence-electron chi connectivity index (χ2n) is 4.40. The van der Waals surface area contributed by atoms with Crippen molar-refractivity contribution >= 4 is 17.5 Å². The molecular formula is C14H17N3O3S. The summed E-state index contributed by atoms with van der Waals surface area (Å²) in [4.78, 5) is 28.6. The van der Waals surface area contributed by atoms with Crippen LogP contribution in [0, 0.1) is 0 Å². The van der Waals surface area contributed by atoms with Crippen molar-refractivity contribution in [1.29, 1.82) is 0 Å². The summed E-state index contributed by atoms with van der Waals surface area (Å²) in [6, 6.07) is 8.65. The SMILES string of the molecule is CCOC(=O)C(C)N=c1sn(-c2ccccc2)c(=O)n1C. The molecule has 0 spiro atoms. The highest BCUT2D eigenvalue weighted by Crippen LogP contribution is 2.05. The van der Waals surface area contributed by atoms with E-state index in [-0.39, 0.29) is 5.69 Å².